The van der Waals surface area contributed by atoms with Crippen molar-refractivity contribution in [3.8, 4) is 0 Å². The van der Waals surface area contributed by atoms with Crippen molar-refractivity contribution in [1.82, 2.24) is 0 Å². The van der Waals surface area contributed by atoms with E-state index in [0.29, 0.717) is 0 Å². The third-order valence-electron chi connectivity index (χ3n) is 3.03. The van der Waals surface area contributed by atoms with Crippen LogP contribution >= 0.6 is 23.4 Å². The van der Waals surface area contributed by atoms with E-state index in [9.17, 15) is 0 Å². The monoisotopic (exact) mass is 291 g/mol. The van der Waals surface area contributed by atoms with Crippen LogP contribution in [0, 0.1) is 6.92 Å². The summed E-state index contributed by atoms with van der Waals surface area (Å²) in [7, 11) is 0. The predicted molar refractivity (Wildman–Crippen MR) is 85.0 cm³/mol. The summed E-state index contributed by atoms with van der Waals surface area (Å²) in [6, 6.07) is 16.4. The Bertz CT molecular complexity index is 542. The van der Waals surface area contributed by atoms with Gasteiger partial charge in [-0.15, -0.1) is 11.8 Å². The Morgan fingerprint density at radius 1 is 1.11 bits per heavy atom. The number of hydrogen-bond acceptors (Lipinski definition) is 2. The van der Waals surface area contributed by atoms with Gasteiger partial charge in [-0.25, -0.2) is 0 Å². The first-order valence-electron chi connectivity index (χ1n) is 6.34. The molecule has 0 saturated heterocycles. The van der Waals surface area contributed by atoms with Gasteiger partial charge in [-0.3, -0.25) is 0 Å². The van der Waals surface area contributed by atoms with Gasteiger partial charge in [-0.2, -0.15) is 0 Å². The van der Waals surface area contributed by atoms with Crippen molar-refractivity contribution in [3.05, 3.63) is 64.7 Å². The summed E-state index contributed by atoms with van der Waals surface area (Å²) < 4.78 is 0. The quantitative estimate of drug-likeness (QED) is 0.831. The molecule has 0 aromatic heterocycles. The standard InChI is InChI=1S/C16H18ClNS/c1-12-6-2-3-7-13(12)10-14(18)11-19-16-9-5-4-8-15(16)17/h2-9,14H,10-11,18H2,1H3. The maximum Gasteiger partial charge on any atom is 0.0541 e. The Morgan fingerprint density at radius 2 is 1.79 bits per heavy atom. The van der Waals surface area contributed by atoms with Crippen molar-refractivity contribution in [3.63, 3.8) is 0 Å². The van der Waals surface area contributed by atoms with E-state index in [-0.39, 0.29) is 6.04 Å². The summed E-state index contributed by atoms with van der Waals surface area (Å²) in [6.45, 7) is 2.13. The summed E-state index contributed by atoms with van der Waals surface area (Å²) in [5.41, 5.74) is 8.84. The van der Waals surface area contributed by atoms with E-state index in [0.717, 1.165) is 22.1 Å². The van der Waals surface area contributed by atoms with Crippen LogP contribution in [0.5, 0.6) is 0 Å². The van der Waals surface area contributed by atoms with E-state index in [4.69, 9.17) is 17.3 Å². The fourth-order valence-corrected chi connectivity index (χ4v) is 3.13. The molecule has 19 heavy (non-hydrogen) atoms. The molecule has 0 spiro atoms. The van der Waals surface area contributed by atoms with E-state index in [1.165, 1.54) is 11.1 Å². The minimum Gasteiger partial charge on any atom is -0.327 e. The van der Waals surface area contributed by atoms with Crippen LogP contribution in [0.4, 0.5) is 0 Å². The SMILES string of the molecule is Cc1ccccc1CC(N)CSc1ccccc1Cl. The molecule has 1 nitrogen and oxygen atoms in total. The molecule has 3 heteroatoms. The van der Waals surface area contributed by atoms with Crippen molar-refractivity contribution < 1.29 is 0 Å². The lowest BCUT2D eigenvalue weighted by atomic mass is 10.0. The number of rotatable bonds is 5. The van der Waals surface area contributed by atoms with Gasteiger partial charge < -0.3 is 5.73 Å². The molecule has 2 rings (SSSR count). The van der Waals surface area contributed by atoms with Gasteiger partial charge in [-0.1, -0.05) is 48.0 Å². The molecular formula is C16H18ClNS. The molecule has 1 atom stereocenters. The Morgan fingerprint density at radius 3 is 2.53 bits per heavy atom. The zero-order valence-corrected chi connectivity index (χ0v) is 12.5. The summed E-state index contributed by atoms with van der Waals surface area (Å²) in [5.74, 6) is 0.873. The molecule has 100 valence electrons. The third kappa shape index (κ3) is 4.27. The molecule has 2 N–H and O–H groups in total. The van der Waals surface area contributed by atoms with Crippen LogP contribution in [0.15, 0.2) is 53.4 Å². The van der Waals surface area contributed by atoms with Crippen LogP contribution in [0.3, 0.4) is 0 Å². The normalized spacial score (nSPS) is 12.4. The van der Waals surface area contributed by atoms with Gasteiger partial charge in [0.05, 0.1) is 5.02 Å². The number of thioether (sulfide) groups is 1. The predicted octanol–water partition coefficient (Wildman–Crippen LogP) is 4.31. The van der Waals surface area contributed by atoms with Gasteiger partial charge in [0.1, 0.15) is 0 Å². The second-order valence-electron chi connectivity index (χ2n) is 4.63. The molecule has 2 aromatic rings. The van der Waals surface area contributed by atoms with Gasteiger partial charge >= 0.3 is 0 Å². The van der Waals surface area contributed by atoms with Crippen LogP contribution in [-0.2, 0) is 6.42 Å². The van der Waals surface area contributed by atoms with Crippen molar-refractivity contribution >= 4 is 23.4 Å². The highest BCUT2D eigenvalue weighted by Crippen LogP contribution is 2.27. The number of nitrogens with two attached hydrogens (primary N) is 1. The van der Waals surface area contributed by atoms with E-state index in [2.05, 4.69) is 31.2 Å². The minimum absolute atomic E-state index is 0.141. The van der Waals surface area contributed by atoms with Crippen LogP contribution in [0.2, 0.25) is 5.02 Å². The smallest absolute Gasteiger partial charge is 0.0541 e. The number of hydrogen-bond donors (Lipinski definition) is 1. The van der Waals surface area contributed by atoms with E-state index < -0.39 is 0 Å². The molecule has 0 heterocycles. The van der Waals surface area contributed by atoms with Gasteiger partial charge in [0.2, 0.25) is 0 Å². The molecule has 0 saturated carbocycles. The second kappa shape index (κ2) is 6.99. The fourth-order valence-electron chi connectivity index (χ4n) is 1.94. The zero-order valence-electron chi connectivity index (χ0n) is 11.0. The molecule has 1 unspecified atom stereocenters. The Balaban J connectivity index is 1.90. The minimum atomic E-state index is 0.141. The molecule has 0 bridgehead atoms. The van der Waals surface area contributed by atoms with Gasteiger partial charge in [0.15, 0.2) is 0 Å². The highest BCUT2D eigenvalue weighted by atomic mass is 35.5. The maximum atomic E-state index is 6.21. The highest BCUT2D eigenvalue weighted by molar-refractivity contribution is 7.99. The number of aryl methyl sites for hydroxylation is 1. The van der Waals surface area contributed by atoms with Crippen molar-refractivity contribution in [2.45, 2.75) is 24.3 Å². The number of benzene rings is 2. The lowest BCUT2D eigenvalue weighted by molar-refractivity contribution is 0.745. The summed E-state index contributed by atoms with van der Waals surface area (Å²) >= 11 is 7.85. The highest BCUT2D eigenvalue weighted by Gasteiger charge is 2.08. The second-order valence-corrected chi connectivity index (χ2v) is 6.10. The maximum absolute atomic E-state index is 6.21. The molecule has 0 aliphatic heterocycles. The van der Waals surface area contributed by atoms with Crippen molar-refractivity contribution in [1.29, 1.82) is 0 Å². The van der Waals surface area contributed by atoms with Crippen LogP contribution in [0.1, 0.15) is 11.1 Å². The molecule has 2 aromatic carbocycles. The summed E-state index contributed by atoms with van der Waals surface area (Å²) in [4.78, 5) is 1.10. The van der Waals surface area contributed by atoms with Crippen LogP contribution < -0.4 is 5.73 Å². The Labute approximate surface area is 124 Å². The fraction of sp³-hybridized carbons (Fsp3) is 0.250. The first-order valence-corrected chi connectivity index (χ1v) is 7.70. The van der Waals surface area contributed by atoms with Crippen molar-refractivity contribution in [2.75, 3.05) is 5.75 Å². The van der Waals surface area contributed by atoms with Gasteiger partial charge in [0.25, 0.3) is 0 Å². The van der Waals surface area contributed by atoms with Crippen LogP contribution in [-0.4, -0.2) is 11.8 Å². The van der Waals surface area contributed by atoms with E-state index >= 15 is 0 Å². The van der Waals surface area contributed by atoms with Crippen molar-refractivity contribution in [2.24, 2.45) is 5.73 Å². The zero-order chi connectivity index (χ0) is 13.7. The number of halogens is 1. The molecule has 0 aliphatic carbocycles. The molecular weight excluding hydrogens is 274 g/mol. The van der Waals surface area contributed by atoms with E-state index in [1.54, 1.807) is 11.8 Å². The lowest BCUT2D eigenvalue weighted by Crippen LogP contribution is -2.25. The Kier molecular flexibility index (Phi) is 5.32. The lowest BCUT2D eigenvalue weighted by Gasteiger charge is -2.13. The first-order chi connectivity index (χ1) is 9.16. The molecule has 0 radical (unpaired) electrons. The molecule has 0 fully saturated rings. The van der Waals surface area contributed by atoms with Gasteiger partial charge in [-0.05, 0) is 36.6 Å². The Hall–Kier alpha value is -0.960. The summed E-state index contributed by atoms with van der Waals surface area (Å²) in [6.07, 6.45) is 0.907. The average Bonchev–Trinajstić information content (AvgIpc) is 2.40. The molecule has 0 aliphatic rings. The van der Waals surface area contributed by atoms with Crippen LogP contribution in [0.25, 0.3) is 0 Å². The van der Waals surface area contributed by atoms with E-state index in [1.807, 2.05) is 24.3 Å². The largest absolute Gasteiger partial charge is 0.327 e. The first kappa shape index (κ1) is 14.4. The third-order valence-corrected chi connectivity index (χ3v) is 4.74. The molecule has 0 amide bonds. The van der Waals surface area contributed by atoms with Gasteiger partial charge in [0, 0.05) is 16.7 Å². The summed E-state index contributed by atoms with van der Waals surface area (Å²) in [5, 5.41) is 0.801. The average molecular weight is 292 g/mol. The topological polar surface area (TPSA) is 26.0 Å².